The molecule has 5 aromatic rings. The van der Waals surface area contributed by atoms with E-state index in [0.717, 1.165) is 18.2 Å². The number of carboxylic acids is 2. The van der Waals surface area contributed by atoms with Gasteiger partial charge in [-0.3, -0.25) is 24.0 Å². The standard InChI is InChI=1S/C36H30N8O17S2/c1-4-60-26-15-24(27(61-5-2)14-23(26)40-39-22-8-6-18(37-16(3)45)12-20(22)35(48)49)41-43-32-29(63(57,58)59)11-17-10-28(62(54,55)56)31(33(46)30(17)34(32)47)42-38-19-7-9-25(44(52)53)21(13-19)36(50)51/h6-15,46-47H,4-5H2,1-3H3,(H,37,45)(H,48,49)(H,50,51)(H,54,55,56)(H,57,58,59). The topological polar surface area (TPSA) is 389 Å². The van der Waals surface area contributed by atoms with Gasteiger partial charge in [-0.15, -0.1) is 25.6 Å². The minimum atomic E-state index is -5.38. The number of carbonyl (C=O) groups is 3. The number of phenols is 2. The average Bonchev–Trinajstić information content (AvgIpc) is 3.19. The highest BCUT2D eigenvalue weighted by atomic mass is 32.2. The molecule has 328 valence electrons. The van der Waals surface area contributed by atoms with E-state index < -0.39 is 103 Å². The largest absolute Gasteiger partial charge is 0.505 e. The van der Waals surface area contributed by atoms with E-state index in [0.29, 0.717) is 18.2 Å². The molecule has 0 saturated heterocycles. The first-order valence-electron chi connectivity index (χ1n) is 17.4. The second-order valence-corrected chi connectivity index (χ2v) is 15.2. The van der Waals surface area contributed by atoms with Crippen LogP contribution in [0, 0.1) is 10.1 Å². The number of aromatic hydroxyl groups is 2. The lowest BCUT2D eigenvalue weighted by molar-refractivity contribution is -0.385. The van der Waals surface area contributed by atoms with E-state index in [2.05, 4.69) is 36.0 Å². The lowest BCUT2D eigenvalue weighted by atomic mass is 10.1. The molecule has 0 heterocycles. The lowest BCUT2D eigenvalue weighted by Crippen LogP contribution is -2.07. The second kappa shape index (κ2) is 18.3. The Morgan fingerprint density at radius 2 is 1.17 bits per heavy atom. The summed E-state index contributed by atoms with van der Waals surface area (Å²) < 4.78 is 81.7. The summed E-state index contributed by atoms with van der Waals surface area (Å²) in [4.78, 5) is 42.9. The van der Waals surface area contributed by atoms with Gasteiger partial charge in [-0.05, 0) is 61.7 Å². The average molecular weight is 911 g/mol. The zero-order chi connectivity index (χ0) is 46.6. The molecule has 0 fully saturated rings. The Hall–Kier alpha value is -8.01. The number of fused-ring (bicyclic) bond motifs is 1. The van der Waals surface area contributed by atoms with E-state index in [1.165, 1.54) is 31.2 Å². The molecule has 0 bridgehead atoms. The Kier molecular flexibility index (Phi) is 13.4. The highest BCUT2D eigenvalue weighted by Crippen LogP contribution is 2.51. The van der Waals surface area contributed by atoms with E-state index in [9.17, 15) is 70.9 Å². The fourth-order valence-electron chi connectivity index (χ4n) is 5.60. The molecule has 0 spiro atoms. The normalized spacial score (nSPS) is 12.0. The van der Waals surface area contributed by atoms with Gasteiger partial charge in [0.25, 0.3) is 25.9 Å². The minimum absolute atomic E-state index is 0.0167. The van der Waals surface area contributed by atoms with Crippen LogP contribution in [0.5, 0.6) is 23.0 Å². The van der Waals surface area contributed by atoms with Crippen LogP contribution >= 0.6 is 0 Å². The van der Waals surface area contributed by atoms with Gasteiger partial charge in [-0.1, -0.05) is 0 Å². The van der Waals surface area contributed by atoms with Gasteiger partial charge in [-0.2, -0.15) is 21.9 Å². The fraction of sp³-hybridized carbons (Fsp3) is 0.139. The van der Waals surface area contributed by atoms with Crippen molar-refractivity contribution in [2.24, 2.45) is 30.7 Å². The first-order valence-corrected chi connectivity index (χ1v) is 20.3. The quantitative estimate of drug-likeness (QED) is 0.0213. The number of carbonyl (C=O) groups excluding carboxylic acids is 1. The van der Waals surface area contributed by atoms with E-state index in [1.807, 2.05) is 0 Å². The summed E-state index contributed by atoms with van der Waals surface area (Å²) in [5.41, 5.74) is -4.78. The number of rotatable bonds is 16. The van der Waals surface area contributed by atoms with Crippen molar-refractivity contribution in [1.29, 1.82) is 0 Å². The molecule has 5 rings (SSSR count). The number of amides is 1. The Morgan fingerprint density at radius 3 is 1.63 bits per heavy atom. The number of ether oxygens (including phenoxy) is 2. The van der Waals surface area contributed by atoms with Gasteiger partial charge >= 0.3 is 11.9 Å². The molecule has 1 amide bonds. The van der Waals surface area contributed by atoms with Crippen LogP contribution < -0.4 is 14.8 Å². The molecule has 0 aliphatic carbocycles. The Labute approximate surface area is 353 Å². The van der Waals surface area contributed by atoms with Crippen molar-refractivity contribution in [3.05, 3.63) is 81.9 Å². The van der Waals surface area contributed by atoms with E-state index >= 15 is 0 Å². The van der Waals surface area contributed by atoms with Gasteiger partial charge in [0.15, 0.2) is 11.5 Å². The molecule has 0 aliphatic rings. The van der Waals surface area contributed by atoms with Crippen molar-refractivity contribution >= 4 is 94.4 Å². The molecule has 0 radical (unpaired) electrons. The van der Waals surface area contributed by atoms with Crippen LogP contribution in [0.3, 0.4) is 0 Å². The maximum absolute atomic E-state index is 12.6. The second-order valence-electron chi connectivity index (χ2n) is 12.4. The summed E-state index contributed by atoms with van der Waals surface area (Å²) in [5.74, 6) is -6.29. The third-order valence-electron chi connectivity index (χ3n) is 8.19. The summed E-state index contributed by atoms with van der Waals surface area (Å²) in [6.07, 6.45) is 0. The number of benzene rings is 5. The summed E-state index contributed by atoms with van der Waals surface area (Å²) in [6.45, 7) is 4.41. The molecule has 0 aliphatic heterocycles. The van der Waals surface area contributed by atoms with Crippen molar-refractivity contribution in [3.63, 3.8) is 0 Å². The van der Waals surface area contributed by atoms with Gasteiger partial charge in [0.1, 0.15) is 55.3 Å². The third kappa shape index (κ3) is 10.3. The molecular formula is C36H30N8O17S2. The zero-order valence-corrected chi connectivity index (χ0v) is 33.9. The van der Waals surface area contributed by atoms with Crippen molar-refractivity contribution in [2.75, 3.05) is 18.5 Å². The first-order chi connectivity index (χ1) is 29.5. The van der Waals surface area contributed by atoms with E-state index in [4.69, 9.17) is 9.47 Å². The van der Waals surface area contributed by atoms with Crippen LogP contribution in [0.1, 0.15) is 41.5 Å². The van der Waals surface area contributed by atoms with Crippen LogP contribution in [-0.2, 0) is 25.0 Å². The van der Waals surface area contributed by atoms with Gasteiger partial charge in [0, 0.05) is 30.8 Å². The molecule has 25 nitrogen and oxygen atoms in total. The SMILES string of the molecule is CCOc1cc(N=Nc2c(S(=O)(=O)O)cc3cc(S(=O)(=O)O)c(N=Nc4ccc([N+](=O)[O-])c(C(=O)O)c4)c(O)c3c2O)c(OCC)cc1N=Nc1ccc(NC(C)=O)cc1C(=O)O. The van der Waals surface area contributed by atoms with E-state index in [-0.39, 0.29) is 53.0 Å². The zero-order valence-electron chi connectivity index (χ0n) is 32.3. The van der Waals surface area contributed by atoms with Crippen LogP contribution in [0.4, 0.5) is 45.5 Å². The third-order valence-corrected chi connectivity index (χ3v) is 9.92. The van der Waals surface area contributed by atoms with Crippen molar-refractivity contribution in [3.8, 4) is 23.0 Å². The van der Waals surface area contributed by atoms with E-state index in [1.54, 1.807) is 13.8 Å². The fourth-order valence-corrected chi connectivity index (χ4v) is 6.91. The monoisotopic (exact) mass is 910 g/mol. The molecule has 0 aromatic heterocycles. The summed E-state index contributed by atoms with van der Waals surface area (Å²) in [7, 11) is -10.8. The van der Waals surface area contributed by atoms with Crippen molar-refractivity contribution in [1.82, 2.24) is 0 Å². The molecule has 0 atom stereocenters. The number of nitrogens with one attached hydrogen (secondary N) is 1. The number of carboxylic acid groups (broad SMARTS) is 2. The number of hydrogen-bond donors (Lipinski definition) is 7. The molecule has 63 heavy (non-hydrogen) atoms. The molecular weight excluding hydrogens is 881 g/mol. The van der Waals surface area contributed by atoms with Crippen LogP contribution in [-0.4, -0.2) is 82.4 Å². The maximum Gasteiger partial charge on any atom is 0.342 e. The number of anilines is 1. The van der Waals surface area contributed by atoms with Gasteiger partial charge in [-0.25, -0.2) is 9.59 Å². The summed E-state index contributed by atoms with van der Waals surface area (Å²) >= 11 is 0. The number of azo groups is 3. The van der Waals surface area contributed by atoms with Crippen LogP contribution in [0.15, 0.2) is 101 Å². The molecule has 7 N–H and O–H groups in total. The summed E-state index contributed by atoms with van der Waals surface area (Å²) in [6, 6.07) is 9.74. The maximum atomic E-state index is 12.6. The predicted octanol–water partition coefficient (Wildman–Crippen LogP) is 8.05. The van der Waals surface area contributed by atoms with Crippen molar-refractivity contribution < 1.29 is 75.1 Å². The number of nitro benzene ring substituents is 1. The number of aromatic carboxylic acids is 2. The van der Waals surface area contributed by atoms with Crippen LogP contribution in [0.25, 0.3) is 10.8 Å². The smallest absolute Gasteiger partial charge is 0.342 e. The molecule has 27 heteroatoms. The number of nitro groups is 1. The highest BCUT2D eigenvalue weighted by molar-refractivity contribution is 7.86. The van der Waals surface area contributed by atoms with Gasteiger partial charge < -0.3 is 35.2 Å². The van der Waals surface area contributed by atoms with Gasteiger partial charge in [0.05, 0.1) is 34.8 Å². The van der Waals surface area contributed by atoms with Crippen molar-refractivity contribution in [2.45, 2.75) is 30.6 Å². The van der Waals surface area contributed by atoms with Gasteiger partial charge in [0.2, 0.25) is 5.91 Å². The number of phenolic OH excluding ortho intramolecular Hbond substituents is 2. The number of nitrogens with zero attached hydrogens (tertiary/aromatic N) is 7. The first kappa shape index (κ1) is 46.1. The Bertz CT molecular complexity index is 3060. The molecule has 5 aromatic carbocycles. The molecule has 0 saturated carbocycles. The van der Waals surface area contributed by atoms with Crippen LogP contribution in [0.2, 0.25) is 0 Å². The highest BCUT2D eigenvalue weighted by Gasteiger charge is 2.29. The lowest BCUT2D eigenvalue weighted by Gasteiger charge is -2.14. The Balaban J connectivity index is 1.69. The summed E-state index contributed by atoms with van der Waals surface area (Å²) in [5, 5.41) is 77.4. The predicted molar refractivity (Wildman–Crippen MR) is 216 cm³/mol. The molecule has 0 unspecified atom stereocenters. The number of hydrogen-bond acceptors (Lipinski definition) is 19. The Morgan fingerprint density at radius 1 is 0.683 bits per heavy atom. The minimum Gasteiger partial charge on any atom is -0.505 e.